The second-order valence-electron chi connectivity index (χ2n) is 6.16. The average molecular weight is 316 g/mol. The van der Waals surface area contributed by atoms with Crippen molar-refractivity contribution in [3.8, 4) is 10.6 Å². The summed E-state index contributed by atoms with van der Waals surface area (Å²) < 4.78 is 0. The van der Waals surface area contributed by atoms with Crippen LogP contribution in [-0.4, -0.2) is 28.1 Å². The number of thiazole rings is 1. The van der Waals surface area contributed by atoms with Crippen LogP contribution in [0.25, 0.3) is 10.6 Å². The fourth-order valence-electron chi connectivity index (χ4n) is 2.63. The van der Waals surface area contributed by atoms with Gasteiger partial charge in [-0.15, -0.1) is 11.3 Å². The Labute approximate surface area is 134 Å². The molecule has 1 aromatic carbocycles. The van der Waals surface area contributed by atoms with Gasteiger partial charge in [0, 0.05) is 10.9 Å². The van der Waals surface area contributed by atoms with E-state index in [0.29, 0.717) is 11.6 Å². The van der Waals surface area contributed by atoms with E-state index in [0.717, 1.165) is 29.0 Å². The number of rotatable bonds is 5. The molecule has 1 amide bonds. The minimum Gasteiger partial charge on any atom is -0.394 e. The minimum absolute atomic E-state index is 0.0435. The van der Waals surface area contributed by atoms with E-state index in [1.54, 1.807) is 5.38 Å². The smallest absolute Gasteiger partial charge is 0.271 e. The Morgan fingerprint density at radius 1 is 1.45 bits per heavy atom. The van der Waals surface area contributed by atoms with Crippen LogP contribution in [0, 0.1) is 12.8 Å². The number of aromatic nitrogens is 1. The van der Waals surface area contributed by atoms with Crippen LogP contribution in [0.1, 0.15) is 35.8 Å². The summed E-state index contributed by atoms with van der Waals surface area (Å²) in [5.74, 6) is 0.162. The highest BCUT2D eigenvalue weighted by Gasteiger charge is 2.42. The van der Waals surface area contributed by atoms with Crippen LogP contribution >= 0.6 is 11.3 Å². The quantitative estimate of drug-likeness (QED) is 0.891. The van der Waals surface area contributed by atoms with E-state index in [2.05, 4.69) is 10.3 Å². The van der Waals surface area contributed by atoms with E-state index in [1.807, 2.05) is 38.1 Å². The molecule has 0 bridgehead atoms. The Hall–Kier alpha value is -1.72. The first-order chi connectivity index (χ1) is 10.5. The lowest BCUT2D eigenvalue weighted by Gasteiger charge is -2.28. The molecule has 2 aromatic rings. The van der Waals surface area contributed by atoms with Crippen LogP contribution < -0.4 is 5.32 Å². The zero-order valence-electron chi connectivity index (χ0n) is 12.8. The van der Waals surface area contributed by atoms with Gasteiger partial charge in [0.15, 0.2) is 0 Å². The van der Waals surface area contributed by atoms with Gasteiger partial charge in [0.2, 0.25) is 0 Å². The number of aryl methyl sites for hydroxylation is 1. The van der Waals surface area contributed by atoms with Crippen molar-refractivity contribution in [2.24, 2.45) is 5.92 Å². The normalized spacial score (nSPS) is 17.0. The summed E-state index contributed by atoms with van der Waals surface area (Å²) in [7, 11) is 0. The lowest BCUT2D eigenvalue weighted by Crippen LogP contribution is -2.50. The highest BCUT2D eigenvalue weighted by atomic mass is 32.1. The Morgan fingerprint density at radius 3 is 2.82 bits per heavy atom. The minimum atomic E-state index is -0.538. The van der Waals surface area contributed by atoms with Crippen molar-refractivity contribution in [2.45, 2.75) is 32.2 Å². The zero-order valence-corrected chi connectivity index (χ0v) is 13.6. The maximum absolute atomic E-state index is 12.4. The Kier molecular flexibility index (Phi) is 4.02. The van der Waals surface area contributed by atoms with Crippen molar-refractivity contribution >= 4 is 17.2 Å². The summed E-state index contributed by atoms with van der Waals surface area (Å²) in [5, 5.41) is 15.2. The first-order valence-corrected chi connectivity index (χ1v) is 8.36. The van der Waals surface area contributed by atoms with Gasteiger partial charge in [0.05, 0.1) is 12.1 Å². The van der Waals surface area contributed by atoms with Gasteiger partial charge in [-0.05, 0) is 38.2 Å². The summed E-state index contributed by atoms with van der Waals surface area (Å²) in [6.45, 7) is 3.89. The van der Waals surface area contributed by atoms with E-state index in [9.17, 15) is 9.90 Å². The van der Waals surface area contributed by atoms with Gasteiger partial charge in [-0.2, -0.15) is 0 Å². The number of aliphatic hydroxyl groups is 1. The van der Waals surface area contributed by atoms with Gasteiger partial charge in [-0.1, -0.05) is 24.3 Å². The van der Waals surface area contributed by atoms with E-state index in [-0.39, 0.29) is 12.5 Å². The molecule has 0 aliphatic heterocycles. The van der Waals surface area contributed by atoms with Crippen LogP contribution in [0.4, 0.5) is 0 Å². The van der Waals surface area contributed by atoms with Gasteiger partial charge in [0.25, 0.3) is 5.91 Å². The van der Waals surface area contributed by atoms with Crippen molar-refractivity contribution in [1.82, 2.24) is 10.3 Å². The molecule has 1 aliphatic rings. The lowest BCUT2D eigenvalue weighted by atomic mass is 9.97. The molecule has 1 aliphatic carbocycles. The summed E-state index contributed by atoms with van der Waals surface area (Å²) in [6.07, 6.45) is 2.12. The molecule has 0 spiro atoms. The van der Waals surface area contributed by atoms with Crippen molar-refractivity contribution in [2.75, 3.05) is 6.61 Å². The predicted octanol–water partition coefficient (Wildman–Crippen LogP) is 3.01. The van der Waals surface area contributed by atoms with Gasteiger partial charge < -0.3 is 10.4 Å². The first-order valence-electron chi connectivity index (χ1n) is 7.48. The zero-order chi connectivity index (χ0) is 15.7. The number of nitrogens with zero attached hydrogens (tertiary/aromatic N) is 1. The van der Waals surface area contributed by atoms with Crippen LogP contribution in [0.3, 0.4) is 0 Å². The van der Waals surface area contributed by atoms with Crippen LogP contribution in [-0.2, 0) is 0 Å². The van der Waals surface area contributed by atoms with Gasteiger partial charge >= 0.3 is 0 Å². The molecule has 22 heavy (non-hydrogen) atoms. The summed E-state index contributed by atoms with van der Waals surface area (Å²) in [5.41, 5.74) is 2.08. The second kappa shape index (κ2) is 5.82. The molecule has 5 heteroatoms. The number of carbonyl (C=O) groups excluding carboxylic acids is 1. The van der Waals surface area contributed by atoms with Gasteiger partial charge in [-0.3, -0.25) is 4.79 Å². The molecule has 116 valence electrons. The lowest BCUT2D eigenvalue weighted by molar-refractivity contribution is 0.0820. The number of nitrogens with one attached hydrogen (secondary N) is 1. The standard InChI is InChI=1S/C17H20N2O2S/c1-11-5-3-4-6-13(11)16-18-14(9-22-16)15(21)19-17(2,10-20)12-7-8-12/h3-6,9,12,20H,7-8,10H2,1-2H3,(H,19,21). The molecular weight excluding hydrogens is 296 g/mol. The monoisotopic (exact) mass is 316 g/mol. The molecule has 1 atom stereocenters. The Morgan fingerprint density at radius 2 is 2.18 bits per heavy atom. The van der Waals surface area contributed by atoms with Crippen molar-refractivity contribution < 1.29 is 9.90 Å². The van der Waals surface area contributed by atoms with Gasteiger partial charge in [0.1, 0.15) is 10.7 Å². The Bertz CT molecular complexity index is 693. The predicted molar refractivity (Wildman–Crippen MR) is 88.0 cm³/mol. The number of benzene rings is 1. The fraction of sp³-hybridized carbons (Fsp3) is 0.412. The molecule has 2 N–H and O–H groups in total. The van der Waals surface area contributed by atoms with Crippen LogP contribution in [0.2, 0.25) is 0 Å². The fourth-order valence-corrected chi connectivity index (χ4v) is 3.52. The molecule has 0 radical (unpaired) electrons. The number of amides is 1. The topological polar surface area (TPSA) is 62.2 Å². The van der Waals surface area contributed by atoms with Crippen molar-refractivity contribution in [3.63, 3.8) is 0 Å². The Balaban J connectivity index is 1.79. The third-order valence-electron chi connectivity index (χ3n) is 4.32. The number of hydrogen-bond donors (Lipinski definition) is 2. The molecule has 4 nitrogen and oxygen atoms in total. The highest BCUT2D eigenvalue weighted by molar-refractivity contribution is 7.13. The van der Waals surface area contributed by atoms with Crippen molar-refractivity contribution in [3.05, 3.63) is 40.9 Å². The molecule has 1 heterocycles. The molecule has 1 saturated carbocycles. The van der Waals surface area contributed by atoms with E-state index in [1.165, 1.54) is 11.3 Å². The van der Waals surface area contributed by atoms with Gasteiger partial charge in [-0.25, -0.2) is 4.98 Å². The molecule has 0 saturated heterocycles. The molecule has 3 rings (SSSR count). The maximum Gasteiger partial charge on any atom is 0.271 e. The molecular formula is C17H20N2O2S. The molecule has 1 aromatic heterocycles. The summed E-state index contributed by atoms with van der Waals surface area (Å²) >= 11 is 1.47. The van der Waals surface area contributed by atoms with Crippen LogP contribution in [0.5, 0.6) is 0 Å². The summed E-state index contributed by atoms with van der Waals surface area (Å²) in [6, 6.07) is 8.01. The summed E-state index contributed by atoms with van der Waals surface area (Å²) in [4.78, 5) is 16.9. The second-order valence-corrected chi connectivity index (χ2v) is 7.01. The largest absolute Gasteiger partial charge is 0.394 e. The third kappa shape index (κ3) is 2.91. The molecule has 1 unspecified atom stereocenters. The maximum atomic E-state index is 12.4. The third-order valence-corrected chi connectivity index (χ3v) is 5.19. The van der Waals surface area contributed by atoms with Crippen molar-refractivity contribution in [1.29, 1.82) is 0 Å². The SMILES string of the molecule is Cc1ccccc1-c1nc(C(=O)NC(C)(CO)C2CC2)cs1. The van der Waals surface area contributed by atoms with E-state index >= 15 is 0 Å². The van der Waals surface area contributed by atoms with E-state index < -0.39 is 5.54 Å². The number of aliphatic hydroxyl groups excluding tert-OH is 1. The number of carbonyl (C=O) groups is 1. The van der Waals surface area contributed by atoms with Crippen LogP contribution in [0.15, 0.2) is 29.6 Å². The average Bonchev–Trinajstić information content (AvgIpc) is 3.26. The molecule has 1 fully saturated rings. The first kappa shape index (κ1) is 15.2. The van der Waals surface area contributed by atoms with E-state index in [4.69, 9.17) is 0 Å². The number of hydrogen-bond acceptors (Lipinski definition) is 4. The highest BCUT2D eigenvalue weighted by Crippen LogP contribution is 2.39.